The molecule has 6 aliphatic rings. The zero-order chi connectivity index (χ0) is 47.7. The molecule has 7 atom stereocenters. The van der Waals surface area contributed by atoms with Crippen molar-refractivity contribution >= 4 is 24.7 Å². The number of epoxide rings is 6. The summed E-state index contributed by atoms with van der Waals surface area (Å²) < 4.78 is 84.5. The van der Waals surface area contributed by atoms with Gasteiger partial charge in [0.1, 0.15) is 0 Å². The van der Waals surface area contributed by atoms with Gasteiger partial charge >= 0.3 is 418 Å². The van der Waals surface area contributed by atoms with Gasteiger partial charge in [0.25, 0.3) is 0 Å². The first-order valence-electron chi connectivity index (χ1n) is 24.3. The Morgan fingerprint density at radius 3 is 0.845 bits per heavy atom. The first kappa shape index (κ1) is 47.0. The minimum absolute atomic E-state index is 0.120. The average molecular weight is 1020 g/mol. The number of nitrogens with zero attached hydrogens (tertiary/aromatic N) is 1. The molecule has 0 bridgehead atoms. The predicted molar refractivity (Wildman–Crippen MR) is 272 cm³/mol. The quantitative estimate of drug-likeness (QED) is 0.0405. The summed E-state index contributed by atoms with van der Waals surface area (Å²) in [6, 6.07) is 47.0. The summed E-state index contributed by atoms with van der Waals surface area (Å²) in [5.74, 6) is 2.55. The molecule has 6 aromatic carbocycles. The molecule has 6 saturated heterocycles. The summed E-state index contributed by atoms with van der Waals surface area (Å²) in [5, 5.41) is 0. The van der Waals surface area contributed by atoms with E-state index in [9.17, 15) is 0 Å². The van der Waals surface area contributed by atoms with Crippen molar-refractivity contribution in [2.75, 3.05) is 39.6 Å². The van der Waals surface area contributed by atoms with E-state index < -0.39 is 15.3 Å². The third-order valence-corrected chi connectivity index (χ3v) is 19.3. The van der Waals surface area contributed by atoms with Gasteiger partial charge in [-0.25, -0.2) is 0 Å². The summed E-state index contributed by atoms with van der Waals surface area (Å²) in [4.78, 5) is 3.42. The van der Waals surface area contributed by atoms with E-state index in [0.717, 1.165) is 33.4 Å². The number of hydrogen-bond acceptors (Lipinski definition) is 14. The Morgan fingerprint density at radius 2 is 0.620 bits per heavy atom. The molecule has 12 rings (SSSR count). The molecule has 6 fully saturated rings. The number of nitrogens with one attached hydrogen (secondary N) is 1. The monoisotopic (exact) mass is 1020 g/mol. The molecule has 6 aliphatic heterocycles. The molecule has 0 spiro atoms. The van der Waals surface area contributed by atoms with Crippen molar-refractivity contribution in [3.8, 4) is 34.5 Å². The van der Waals surface area contributed by atoms with Gasteiger partial charge in [0.2, 0.25) is 0 Å². The Bertz CT molecular complexity index is 2620. The number of rotatable bonds is 26. The second-order valence-corrected chi connectivity index (χ2v) is 24.4. The Balaban J connectivity index is 1.10. The number of benzene rings is 6. The van der Waals surface area contributed by atoms with Gasteiger partial charge in [0.05, 0.1) is 0 Å². The first-order valence-corrected chi connectivity index (χ1v) is 28.3. The van der Waals surface area contributed by atoms with Crippen LogP contribution in [0.5, 0.6) is 34.5 Å². The summed E-state index contributed by atoms with van der Waals surface area (Å²) in [6.45, 7) is 4.19. The fourth-order valence-corrected chi connectivity index (χ4v) is 15.1. The normalized spacial score (nSPS) is 23.7. The third kappa shape index (κ3) is 12.9. The molecule has 6 heterocycles. The molecule has 0 radical (unpaired) electrons. The van der Waals surface area contributed by atoms with Crippen LogP contribution in [-0.2, 0) is 66.9 Å². The molecule has 370 valence electrons. The van der Waals surface area contributed by atoms with Crippen molar-refractivity contribution in [3.63, 3.8) is 0 Å². The third-order valence-electron chi connectivity index (χ3n) is 12.5. The van der Waals surface area contributed by atoms with Gasteiger partial charge < -0.3 is 0 Å². The van der Waals surface area contributed by atoms with E-state index in [4.69, 9.17) is 60.1 Å². The molecular weight excluding hydrogens is 962 g/mol. The van der Waals surface area contributed by atoms with Gasteiger partial charge in [-0.3, -0.25) is 0 Å². The summed E-state index contributed by atoms with van der Waals surface area (Å²) >= 11 is 0. The van der Waals surface area contributed by atoms with Gasteiger partial charge in [0, 0.05) is 0 Å². The Morgan fingerprint density at radius 1 is 0.394 bits per heavy atom. The van der Waals surface area contributed by atoms with Crippen molar-refractivity contribution in [1.29, 1.82) is 0 Å². The SMILES string of the molecule is PNP(N=P(Oc1cccc(CC2CO2)c1)(Oc1cccc(CC2CO2)c1)Oc1cccc(CC2CO2)c1)(Oc1cccc(CC2CO2)c1)(Oc1cccc(CC2CO2)c1)Oc1cccc(CC2CO2)c1. The van der Waals surface area contributed by atoms with E-state index in [1.807, 2.05) is 109 Å². The second kappa shape index (κ2) is 20.1. The van der Waals surface area contributed by atoms with Crippen LogP contribution < -0.4 is 32.0 Å². The zero-order valence-electron chi connectivity index (χ0n) is 39.1. The van der Waals surface area contributed by atoms with Crippen LogP contribution in [0, 0.1) is 0 Å². The van der Waals surface area contributed by atoms with Crippen molar-refractivity contribution in [1.82, 2.24) is 4.86 Å². The standard InChI is InChI=1S/C54H57N2O12P3/c69-55-71(66-46-16-4-10-40(22-46)28-52-34-60-52,67-47-17-5-11-41(23-47)29-53-35-61-53,68-48-18-6-12-42(24-48)30-54-36-62-54)56-70(63-43-13-1-7-37(19-43)25-49-31-57-49,64-44-14-2-8-38(20-44)26-50-32-58-50)65-45-15-3-9-39(21-45)27-51-33-59-51/h1-24,49-55H,25-36,69H2. The summed E-state index contributed by atoms with van der Waals surface area (Å²) in [7, 11) is -7.32. The fourth-order valence-electron chi connectivity index (χ4n) is 8.54. The van der Waals surface area contributed by atoms with E-state index in [1.165, 1.54) is 0 Å². The molecular formula is C54H57N2O12P3. The minimum atomic E-state index is -5.56. The van der Waals surface area contributed by atoms with Crippen LogP contribution in [0.1, 0.15) is 33.4 Å². The summed E-state index contributed by atoms with van der Waals surface area (Å²) in [5.41, 5.74) is 6.02. The van der Waals surface area contributed by atoms with Crippen LogP contribution in [0.3, 0.4) is 0 Å². The second-order valence-electron chi connectivity index (χ2n) is 18.9. The van der Waals surface area contributed by atoms with Crippen LogP contribution in [0.25, 0.3) is 0 Å². The van der Waals surface area contributed by atoms with E-state index in [1.54, 1.807) is 0 Å². The van der Waals surface area contributed by atoms with Crippen LogP contribution in [0.4, 0.5) is 0 Å². The van der Waals surface area contributed by atoms with Gasteiger partial charge in [-0.05, 0) is 0 Å². The maximum absolute atomic E-state index is 7.51. The van der Waals surface area contributed by atoms with Crippen LogP contribution in [0.15, 0.2) is 150 Å². The van der Waals surface area contributed by atoms with Gasteiger partial charge in [-0.15, -0.1) is 0 Å². The first-order chi connectivity index (χ1) is 34.7. The Labute approximate surface area is 416 Å². The van der Waals surface area contributed by atoms with E-state index in [2.05, 4.69) is 50.6 Å². The summed E-state index contributed by atoms with van der Waals surface area (Å²) in [6.07, 6.45) is 4.92. The Kier molecular flexibility index (Phi) is 13.3. The maximum atomic E-state index is 7.51. The molecule has 0 aliphatic carbocycles. The van der Waals surface area contributed by atoms with Crippen molar-refractivity contribution < 1.29 is 55.6 Å². The van der Waals surface area contributed by atoms with E-state index in [-0.39, 0.29) is 36.6 Å². The molecule has 6 aromatic rings. The number of ether oxygens (including phenoxy) is 6. The molecule has 14 nitrogen and oxygen atoms in total. The molecule has 0 amide bonds. The van der Waals surface area contributed by atoms with E-state index >= 15 is 0 Å². The van der Waals surface area contributed by atoms with Crippen molar-refractivity contribution in [3.05, 3.63) is 179 Å². The van der Waals surface area contributed by atoms with Gasteiger partial charge in [-0.1, -0.05) is 0 Å². The van der Waals surface area contributed by atoms with Crippen molar-refractivity contribution in [2.45, 2.75) is 75.1 Å². The molecule has 17 heteroatoms. The molecule has 71 heavy (non-hydrogen) atoms. The zero-order valence-corrected chi connectivity index (χ0v) is 42.1. The number of hydrogen-bond donors (Lipinski definition) is 1. The fraction of sp³-hybridized carbons (Fsp3) is 0.333. The van der Waals surface area contributed by atoms with Crippen molar-refractivity contribution in [2.24, 2.45) is 4.52 Å². The van der Waals surface area contributed by atoms with Crippen LogP contribution >= 0.6 is 24.7 Å². The topological polar surface area (TPSA) is 155 Å². The molecule has 0 saturated carbocycles. The molecule has 1 N–H and O–H groups in total. The predicted octanol–water partition coefficient (Wildman–Crippen LogP) is 10.6. The van der Waals surface area contributed by atoms with Crippen LogP contribution in [0.2, 0.25) is 0 Å². The molecule has 0 aromatic heterocycles. The van der Waals surface area contributed by atoms with Gasteiger partial charge in [-0.2, -0.15) is 0 Å². The Hall–Kier alpha value is -5.07. The van der Waals surface area contributed by atoms with E-state index in [0.29, 0.717) is 113 Å². The average Bonchev–Trinajstić information content (AvgIpc) is 4.12. The van der Waals surface area contributed by atoms with Gasteiger partial charge in [0.15, 0.2) is 0 Å². The molecule has 7 unspecified atom stereocenters. The van der Waals surface area contributed by atoms with Crippen LogP contribution in [-0.4, -0.2) is 76.3 Å².